The Morgan fingerprint density at radius 1 is 1.25 bits per heavy atom. The van der Waals surface area contributed by atoms with Gasteiger partial charge in [-0.1, -0.05) is 42.0 Å². The second-order valence-electron chi connectivity index (χ2n) is 8.83. The van der Waals surface area contributed by atoms with Crippen molar-refractivity contribution in [1.82, 2.24) is 4.90 Å². The molecular weight excluding hydrogens is 353 g/mol. The molecule has 0 radical (unpaired) electrons. The Bertz CT molecular complexity index is 902. The number of hydrogen-bond donors (Lipinski definition) is 0. The van der Waals surface area contributed by atoms with E-state index < -0.39 is 0 Å². The van der Waals surface area contributed by atoms with Crippen LogP contribution in [0.4, 0.5) is 4.39 Å². The number of halogens is 1. The quantitative estimate of drug-likeness (QED) is 0.782. The Morgan fingerprint density at radius 3 is 2.64 bits per heavy atom. The van der Waals surface area contributed by atoms with Gasteiger partial charge in [0, 0.05) is 24.6 Å². The maximum atomic E-state index is 15.4. The van der Waals surface area contributed by atoms with Crippen molar-refractivity contribution < 1.29 is 13.9 Å². The molecule has 2 aromatic rings. The normalized spacial score (nSPS) is 25.0. The second-order valence-corrected chi connectivity index (χ2v) is 8.83. The number of ether oxygens (including phenoxy) is 1. The highest BCUT2D eigenvalue weighted by atomic mass is 19.1. The summed E-state index contributed by atoms with van der Waals surface area (Å²) < 4.78 is 20.9. The lowest BCUT2D eigenvalue weighted by Gasteiger charge is -2.33. The van der Waals surface area contributed by atoms with Crippen molar-refractivity contribution in [3.05, 3.63) is 59.4 Å². The Labute approximate surface area is 165 Å². The molecule has 146 valence electrons. The van der Waals surface area contributed by atoms with Gasteiger partial charge >= 0.3 is 0 Å². The number of carbonyl (C=O) groups excluding carboxylic acids is 1. The number of amides is 1. The molecule has 2 heterocycles. The van der Waals surface area contributed by atoms with Crippen LogP contribution in [0.15, 0.2) is 42.5 Å². The van der Waals surface area contributed by atoms with Crippen LogP contribution < -0.4 is 0 Å². The number of aryl methyl sites for hydroxylation is 1. The van der Waals surface area contributed by atoms with E-state index in [0.717, 1.165) is 30.5 Å². The number of carbonyl (C=O) groups is 1. The first kappa shape index (κ1) is 17.9. The molecule has 1 amide bonds. The lowest BCUT2D eigenvalue weighted by Crippen LogP contribution is -2.48. The number of likely N-dealkylation sites (tertiary alicyclic amines) is 1. The molecule has 1 aliphatic carbocycles. The Morgan fingerprint density at radius 2 is 2.00 bits per heavy atom. The van der Waals surface area contributed by atoms with E-state index in [1.54, 1.807) is 0 Å². The van der Waals surface area contributed by atoms with Crippen molar-refractivity contribution in [1.29, 1.82) is 0 Å². The third-order valence-electron chi connectivity index (χ3n) is 6.66. The second kappa shape index (κ2) is 6.70. The molecular formula is C24H26FNO2. The summed E-state index contributed by atoms with van der Waals surface area (Å²) in [7, 11) is 0. The van der Waals surface area contributed by atoms with Crippen LogP contribution in [0.3, 0.4) is 0 Å². The zero-order valence-corrected chi connectivity index (χ0v) is 16.3. The minimum absolute atomic E-state index is 0.0686. The predicted octanol–water partition coefficient (Wildman–Crippen LogP) is 4.51. The summed E-state index contributed by atoms with van der Waals surface area (Å²) in [5.74, 6) is -0.0443. The highest BCUT2D eigenvalue weighted by Crippen LogP contribution is 2.55. The Balaban J connectivity index is 1.44. The third-order valence-corrected chi connectivity index (χ3v) is 6.66. The molecule has 3 fully saturated rings. The third kappa shape index (κ3) is 3.14. The summed E-state index contributed by atoms with van der Waals surface area (Å²) in [6.45, 7) is 3.50. The molecule has 2 aromatic carbocycles. The van der Waals surface area contributed by atoms with Crippen molar-refractivity contribution in [2.24, 2.45) is 5.41 Å². The maximum Gasteiger partial charge on any atom is 0.252 e. The molecule has 0 bridgehead atoms. The zero-order valence-electron chi connectivity index (χ0n) is 16.3. The fourth-order valence-corrected chi connectivity index (χ4v) is 4.83. The molecule has 1 unspecified atom stereocenters. The molecule has 5 rings (SSSR count). The molecule has 1 spiro atoms. The lowest BCUT2D eigenvalue weighted by molar-refractivity contribution is -0.157. The van der Waals surface area contributed by atoms with Gasteiger partial charge < -0.3 is 9.64 Å². The van der Waals surface area contributed by atoms with E-state index in [4.69, 9.17) is 4.74 Å². The van der Waals surface area contributed by atoms with Crippen molar-refractivity contribution in [2.75, 3.05) is 13.2 Å². The summed E-state index contributed by atoms with van der Waals surface area (Å²) in [6, 6.07) is 13.6. The summed E-state index contributed by atoms with van der Waals surface area (Å²) in [6.07, 6.45) is 4.46. The van der Waals surface area contributed by atoms with Gasteiger partial charge in [-0.15, -0.1) is 0 Å². The molecule has 2 aliphatic heterocycles. The molecule has 0 aromatic heterocycles. The molecule has 3 aliphatic rings. The fourth-order valence-electron chi connectivity index (χ4n) is 4.83. The van der Waals surface area contributed by atoms with E-state index in [1.165, 1.54) is 12.8 Å². The minimum atomic E-state index is -0.279. The van der Waals surface area contributed by atoms with Gasteiger partial charge in [-0.3, -0.25) is 4.79 Å². The Hall–Kier alpha value is -2.20. The monoisotopic (exact) mass is 379 g/mol. The highest BCUT2D eigenvalue weighted by Gasteiger charge is 2.54. The highest BCUT2D eigenvalue weighted by molar-refractivity contribution is 5.82. The van der Waals surface area contributed by atoms with Crippen LogP contribution in [0.5, 0.6) is 0 Å². The van der Waals surface area contributed by atoms with Crippen molar-refractivity contribution >= 4 is 5.91 Å². The first-order valence-electron chi connectivity index (χ1n) is 10.3. The van der Waals surface area contributed by atoms with Crippen LogP contribution in [0, 0.1) is 18.2 Å². The molecule has 2 saturated heterocycles. The summed E-state index contributed by atoms with van der Waals surface area (Å²) in [4.78, 5) is 14.9. The Kier molecular flexibility index (Phi) is 4.27. The molecule has 2 atom stereocenters. The SMILES string of the molecule is Cc1cc(C[C@H]2CC3(CC3)CN2C(=O)C2CCO2)c(F)c(-c2ccccc2)c1. The van der Waals surface area contributed by atoms with Gasteiger partial charge in [-0.25, -0.2) is 4.39 Å². The molecule has 0 N–H and O–H groups in total. The number of hydrogen-bond acceptors (Lipinski definition) is 2. The van der Waals surface area contributed by atoms with Gasteiger partial charge in [0.25, 0.3) is 5.91 Å². The van der Waals surface area contributed by atoms with Crippen LogP contribution >= 0.6 is 0 Å². The number of nitrogens with zero attached hydrogens (tertiary/aromatic N) is 1. The fraction of sp³-hybridized carbons (Fsp3) is 0.458. The summed E-state index contributed by atoms with van der Waals surface area (Å²) in [5, 5.41) is 0. The van der Waals surface area contributed by atoms with Crippen molar-refractivity contribution in [3.8, 4) is 11.1 Å². The van der Waals surface area contributed by atoms with Crippen LogP contribution in [-0.2, 0) is 16.0 Å². The average molecular weight is 379 g/mol. The largest absolute Gasteiger partial charge is 0.368 e. The van der Waals surface area contributed by atoms with Gasteiger partial charge in [0.1, 0.15) is 11.9 Å². The maximum absolute atomic E-state index is 15.4. The van der Waals surface area contributed by atoms with Gasteiger partial charge in [-0.2, -0.15) is 0 Å². The minimum Gasteiger partial charge on any atom is -0.368 e. The van der Waals surface area contributed by atoms with Gasteiger partial charge in [-0.05, 0) is 55.2 Å². The number of rotatable bonds is 4. The molecule has 4 heteroatoms. The first-order valence-corrected chi connectivity index (χ1v) is 10.3. The van der Waals surface area contributed by atoms with Crippen LogP contribution in [0.25, 0.3) is 11.1 Å². The van der Waals surface area contributed by atoms with E-state index in [0.29, 0.717) is 24.2 Å². The molecule has 28 heavy (non-hydrogen) atoms. The van der Waals surface area contributed by atoms with E-state index in [1.807, 2.05) is 54.3 Å². The van der Waals surface area contributed by atoms with Crippen molar-refractivity contribution in [2.45, 2.75) is 51.2 Å². The molecule has 1 saturated carbocycles. The van der Waals surface area contributed by atoms with E-state index in [9.17, 15) is 4.79 Å². The van der Waals surface area contributed by atoms with Gasteiger partial charge in [0.15, 0.2) is 0 Å². The predicted molar refractivity (Wildman–Crippen MR) is 106 cm³/mol. The topological polar surface area (TPSA) is 29.5 Å². The lowest BCUT2D eigenvalue weighted by atomic mass is 9.93. The van der Waals surface area contributed by atoms with E-state index in [-0.39, 0.29) is 29.3 Å². The van der Waals surface area contributed by atoms with E-state index >= 15 is 4.39 Å². The molecule has 3 nitrogen and oxygen atoms in total. The van der Waals surface area contributed by atoms with Crippen LogP contribution in [0.1, 0.15) is 36.8 Å². The zero-order chi connectivity index (χ0) is 19.3. The van der Waals surface area contributed by atoms with Gasteiger partial charge in [0.05, 0.1) is 6.61 Å². The summed E-state index contributed by atoms with van der Waals surface area (Å²) in [5.41, 5.74) is 3.59. The van der Waals surface area contributed by atoms with E-state index in [2.05, 4.69) is 0 Å². The smallest absolute Gasteiger partial charge is 0.252 e. The number of benzene rings is 2. The van der Waals surface area contributed by atoms with Crippen molar-refractivity contribution in [3.63, 3.8) is 0 Å². The van der Waals surface area contributed by atoms with Crippen LogP contribution in [-0.4, -0.2) is 36.1 Å². The first-order chi connectivity index (χ1) is 13.5. The van der Waals surface area contributed by atoms with Gasteiger partial charge in [0.2, 0.25) is 0 Å². The standard InChI is InChI=1S/C24H26FNO2/c1-16-11-18(22(25)20(12-16)17-5-3-2-4-6-17)13-19-14-24(8-9-24)15-26(19)23(27)21-7-10-28-21/h2-6,11-12,19,21H,7-10,13-15H2,1H3/t19-,21?/m0/s1. The summed E-state index contributed by atoms with van der Waals surface area (Å²) >= 11 is 0. The average Bonchev–Trinajstić information content (AvgIpc) is 3.30. The van der Waals surface area contributed by atoms with Crippen LogP contribution in [0.2, 0.25) is 0 Å².